The van der Waals surface area contributed by atoms with Crippen molar-refractivity contribution in [3.63, 3.8) is 0 Å². The number of rotatable bonds is 2. The van der Waals surface area contributed by atoms with E-state index in [0.717, 1.165) is 26.2 Å². The maximum absolute atomic E-state index is 12.0. The van der Waals surface area contributed by atoms with Crippen LogP contribution in [0.25, 0.3) is 0 Å². The minimum absolute atomic E-state index is 0.0463. The zero-order chi connectivity index (χ0) is 12.4. The van der Waals surface area contributed by atoms with E-state index in [0.29, 0.717) is 0 Å². The number of halogens is 1. The van der Waals surface area contributed by atoms with Gasteiger partial charge < -0.3 is 5.32 Å². The van der Waals surface area contributed by atoms with E-state index in [1.165, 1.54) is 11.3 Å². The van der Waals surface area contributed by atoms with Crippen molar-refractivity contribution in [2.75, 3.05) is 5.32 Å². The van der Waals surface area contributed by atoms with Gasteiger partial charge in [0.2, 0.25) is 0 Å². The lowest BCUT2D eigenvalue weighted by atomic mass is 10.2. The van der Waals surface area contributed by atoms with E-state index in [2.05, 4.69) is 21.2 Å². The number of hydrogen-bond donors (Lipinski definition) is 1. The molecule has 1 amide bonds. The predicted octanol–water partition coefficient (Wildman–Crippen LogP) is 4.38. The molecule has 17 heavy (non-hydrogen) atoms. The minimum Gasteiger partial charge on any atom is -0.321 e. The highest BCUT2D eigenvalue weighted by Crippen LogP contribution is 2.21. The molecule has 1 aromatic heterocycles. The second-order valence-electron chi connectivity index (χ2n) is 3.90. The van der Waals surface area contributed by atoms with Gasteiger partial charge in [0.05, 0.1) is 4.88 Å². The Bertz CT molecular complexity index is 542. The molecule has 0 aliphatic rings. The van der Waals surface area contributed by atoms with E-state index in [1.807, 2.05) is 43.5 Å². The maximum Gasteiger partial charge on any atom is 0.265 e. The molecular formula is C13H12BrNOS. The summed E-state index contributed by atoms with van der Waals surface area (Å²) in [6.45, 7) is 3.94. The standard InChI is InChI=1S/C13H12BrNOS/c1-8-5-10(14)7-11(6-8)15-13(16)12-9(2)3-4-17-12/h3-7H,1-2H3,(H,15,16). The molecule has 1 aromatic carbocycles. The lowest BCUT2D eigenvalue weighted by molar-refractivity contribution is 0.103. The quantitative estimate of drug-likeness (QED) is 0.876. The van der Waals surface area contributed by atoms with E-state index in [1.54, 1.807) is 0 Å². The van der Waals surface area contributed by atoms with Gasteiger partial charge in [-0.3, -0.25) is 4.79 Å². The first-order chi connectivity index (χ1) is 8.06. The largest absolute Gasteiger partial charge is 0.321 e. The Morgan fingerprint density at radius 3 is 2.65 bits per heavy atom. The molecule has 0 unspecified atom stereocenters. The first-order valence-corrected chi connectivity index (χ1v) is 6.86. The van der Waals surface area contributed by atoms with Crippen molar-refractivity contribution in [3.05, 3.63) is 50.1 Å². The lowest BCUT2D eigenvalue weighted by Gasteiger charge is -2.06. The molecule has 1 heterocycles. The van der Waals surface area contributed by atoms with Gasteiger partial charge in [0, 0.05) is 10.2 Å². The van der Waals surface area contributed by atoms with Crippen molar-refractivity contribution in [1.29, 1.82) is 0 Å². The highest BCUT2D eigenvalue weighted by Gasteiger charge is 2.10. The number of anilines is 1. The van der Waals surface area contributed by atoms with Crippen LogP contribution in [0.3, 0.4) is 0 Å². The topological polar surface area (TPSA) is 29.1 Å². The number of thiophene rings is 1. The van der Waals surface area contributed by atoms with Crippen LogP contribution in [0.15, 0.2) is 34.1 Å². The third-order valence-corrected chi connectivity index (χ3v) is 3.84. The van der Waals surface area contributed by atoms with E-state index in [9.17, 15) is 4.79 Å². The summed E-state index contributed by atoms with van der Waals surface area (Å²) < 4.78 is 0.968. The minimum atomic E-state index is -0.0463. The van der Waals surface area contributed by atoms with Gasteiger partial charge in [0.25, 0.3) is 5.91 Å². The van der Waals surface area contributed by atoms with Crippen molar-refractivity contribution in [3.8, 4) is 0 Å². The maximum atomic E-state index is 12.0. The number of carbonyl (C=O) groups is 1. The predicted molar refractivity (Wildman–Crippen MR) is 75.9 cm³/mol. The van der Waals surface area contributed by atoms with Crippen LogP contribution in [0.2, 0.25) is 0 Å². The molecule has 88 valence electrons. The van der Waals surface area contributed by atoms with Crippen molar-refractivity contribution < 1.29 is 4.79 Å². The highest BCUT2D eigenvalue weighted by atomic mass is 79.9. The zero-order valence-electron chi connectivity index (χ0n) is 9.58. The van der Waals surface area contributed by atoms with E-state index >= 15 is 0 Å². The smallest absolute Gasteiger partial charge is 0.265 e. The third-order valence-electron chi connectivity index (χ3n) is 2.37. The van der Waals surface area contributed by atoms with E-state index in [-0.39, 0.29) is 5.91 Å². The molecule has 0 saturated heterocycles. The first-order valence-electron chi connectivity index (χ1n) is 5.19. The van der Waals surface area contributed by atoms with Crippen molar-refractivity contribution in [1.82, 2.24) is 0 Å². The van der Waals surface area contributed by atoms with Gasteiger partial charge in [-0.15, -0.1) is 11.3 Å². The molecule has 0 saturated carbocycles. The van der Waals surface area contributed by atoms with Crippen molar-refractivity contribution >= 4 is 38.9 Å². The SMILES string of the molecule is Cc1cc(Br)cc(NC(=O)c2sccc2C)c1. The molecule has 2 rings (SSSR count). The Balaban J connectivity index is 2.21. The fourth-order valence-corrected chi connectivity index (χ4v) is 3.03. The third kappa shape index (κ3) is 2.96. The summed E-state index contributed by atoms with van der Waals surface area (Å²) in [5.74, 6) is -0.0463. The first kappa shape index (κ1) is 12.3. The summed E-state index contributed by atoms with van der Waals surface area (Å²) in [5, 5.41) is 4.84. The molecule has 2 nitrogen and oxygen atoms in total. The monoisotopic (exact) mass is 309 g/mol. The average Bonchev–Trinajstić information content (AvgIpc) is 2.62. The summed E-state index contributed by atoms with van der Waals surface area (Å²) in [5.41, 5.74) is 2.94. The Morgan fingerprint density at radius 2 is 2.06 bits per heavy atom. The molecule has 0 atom stereocenters. The summed E-state index contributed by atoms with van der Waals surface area (Å²) >= 11 is 4.88. The fraction of sp³-hybridized carbons (Fsp3) is 0.154. The van der Waals surface area contributed by atoms with Crippen molar-refractivity contribution in [2.45, 2.75) is 13.8 Å². The van der Waals surface area contributed by atoms with E-state index < -0.39 is 0 Å². The normalized spacial score (nSPS) is 10.3. The van der Waals surface area contributed by atoms with Crippen LogP contribution in [0.4, 0.5) is 5.69 Å². The molecule has 4 heteroatoms. The van der Waals surface area contributed by atoms with Gasteiger partial charge in [-0.1, -0.05) is 15.9 Å². The molecule has 0 radical (unpaired) electrons. The Labute approximate surface area is 113 Å². The summed E-state index contributed by atoms with van der Waals surface area (Å²) in [7, 11) is 0. The molecule has 0 aliphatic carbocycles. The summed E-state index contributed by atoms with van der Waals surface area (Å²) in [6, 6.07) is 7.80. The zero-order valence-corrected chi connectivity index (χ0v) is 12.0. The molecule has 0 fully saturated rings. The van der Waals surface area contributed by atoms with Gasteiger partial charge in [-0.05, 0) is 54.6 Å². The molecule has 2 aromatic rings. The molecule has 0 bridgehead atoms. The number of carbonyl (C=O) groups excluding carboxylic acids is 1. The molecule has 0 aliphatic heterocycles. The molecule has 0 spiro atoms. The van der Waals surface area contributed by atoms with Gasteiger partial charge in [0.1, 0.15) is 0 Å². The van der Waals surface area contributed by atoms with Gasteiger partial charge in [-0.2, -0.15) is 0 Å². The number of amides is 1. The summed E-state index contributed by atoms with van der Waals surface area (Å²) in [6.07, 6.45) is 0. The summed E-state index contributed by atoms with van der Waals surface area (Å²) in [4.78, 5) is 12.8. The van der Waals surface area contributed by atoms with Crippen LogP contribution < -0.4 is 5.32 Å². The lowest BCUT2D eigenvalue weighted by Crippen LogP contribution is -2.11. The highest BCUT2D eigenvalue weighted by molar-refractivity contribution is 9.10. The number of hydrogen-bond acceptors (Lipinski definition) is 2. The second kappa shape index (κ2) is 5.02. The van der Waals surface area contributed by atoms with Gasteiger partial charge >= 0.3 is 0 Å². The Hall–Kier alpha value is -1.13. The Kier molecular flexibility index (Phi) is 3.64. The second-order valence-corrected chi connectivity index (χ2v) is 5.74. The van der Waals surface area contributed by atoms with Crippen LogP contribution in [0.5, 0.6) is 0 Å². The van der Waals surface area contributed by atoms with Gasteiger partial charge in [0.15, 0.2) is 0 Å². The van der Waals surface area contributed by atoms with Crippen LogP contribution in [0, 0.1) is 13.8 Å². The Morgan fingerprint density at radius 1 is 1.29 bits per heavy atom. The number of aryl methyl sites for hydroxylation is 2. The van der Waals surface area contributed by atoms with Crippen LogP contribution >= 0.6 is 27.3 Å². The average molecular weight is 310 g/mol. The van der Waals surface area contributed by atoms with Crippen LogP contribution in [-0.4, -0.2) is 5.91 Å². The number of nitrogens with one attached hydrogen (secondary N) is 1. The van der Waals surface area contributed by atoms with E-state index in [4.69, 9.17) is 0 Å². The van der Waals surface area contributed by atoms with Crippen molar-refractivity contribution in [2.24, 2.45) is 0 Å². The number of benzene rings is 1. The van der Waals surface area contributed by atoms with Crippen LogP contribution in [0.1, 0.15) is 20.8 Å². The molecule has 1 N–H and O–H groups in total. The fourth-order valence-electron chi connectivity index (χ4n) is 1.60. The van der Waals surface area contributed by atoms with Crippen LogP contribution in [-0.2, 0) is 0 Å². The van der Waals surface area contributed by atoms with Gasteiger partial charge in [-0.25, -0.2) is 0 Å². The molecular weight excluding hydrogens is 298 g/mol.